The van der Waals surface area contributed by atoms with E-state index in [1.54, 1.807) is 4.90 Å². The Morgan fingerprint density at radius 3 is 2.44 bits per heavy atom. The summed E-state index contributed by atoms with van der Waals surface area (Å²) in [7, 11) is 0. The summed E-state index contributed by atoms with van der Waals surface area (Å²) in [6.45, 7) is 2.93. The van der Waals surface area contributed by atoms with E-state index < -0.39 is 18.1 Å². The predicted octanol–water partition coefficient (Wildman–Crippen LogP) is 0.859. The molecule has 0 aliphatic carbocycles. The molecule has 0 aromatic heterocycles. The zero-order valence-corrected chi connectivity index (χ0v) is 9.09. The molecule has 16 heavy (non-hydrogen) atoms. The fraction of sp³-hybridized carbons (Fsp3) is 1.00. The van der Waals surface area contributed by atoms with Gasteiger partial charge in [0.25, 0.3) is 0 Å². The average Bonchev–Trinajstić information content (AvgIpc) is 2.71. The number of rotatable bonds is 2. The van der Waals surface area contributed by atoms with Crippen LogP contribution in [0.3, 0.4) is 0 Å². The number of nitrogens with one attached hydrogen (secondary N) is 1. The van der Waals surface area contributed by atoms with Gasteiger partial charge in [0, 0.05) is 38.7 Å². The largest absolute Gasteiger partial charge is 0.404 e. The van der Waals surface area contributed by atoms with Gasteiger partial charge in [0.1, 0.15) is 6.04 Å². The lowest BCUT2D eigenvalue weighted by Gasteiger charge is -2.38. The molecule has 2 aliphatic heterocycles. The minimum atomic E-state index is -4.14. The van der Waals surface area contributed by atoms with E-state index in [0.717, 1.165) is 0 Å². The highest BCUT2D eigenvalue weighted by atomic mass is 19.4. The number of piperazine rings is 1. The van der Waals surface area contributed by atoms with Crippen LogP contribution in [0.2, 0.25) is 0 Å². The minimum Gasteiger partial charge on any atom is -0.381 e. The normalized spacial score (nSPS) is 30.6. The third kappa shape index (κ3) is 2.67. The monoisotopic (exact) mass is 238 g/mol. The second kappa shape index (κ2) is 4.89. The van der Waals surface area contributed by atoms with E-state index in [9.17, 15) is 13.2 Å². The smallest absolute Gasteiger partial charge is 0.381 e. The number of alkyl halides is 3. The lowest BCUT2D eigenvalue weighted by Crippen LogP contribution is -2.56. The molecule has 6 heteroatoms. The van der Waals surface area contributed by atoms with Gasteiger partial charge in [-0.25, -0.2) is 0 Å². The Morgan fingerprint density at radius 1 is 1.25 bits per heavy atom. The molecule has 2 saturated heterocycles. The molecule has 94 valence electrons. The molecule has 3 nitrogen and oxygen atoms in total. The average molecular weight is 238 g/mol. The van der Waals surface area contributed by atoms with Crippen LogP contribution in [0.15, 0.2) is 0 Å². The molecule has 2 aliphatic rings. The summed E-state index contributed by atoms with van der Waals surface area (Å²) in [4.78, 5) is 1.55. The van der Waals surface area contributed by atoms with Crippen LogP contribution in [-0.4, -0.2) is 56.5 Å². The van der Waals surface area contributed by atoms with Crippen molar-refractivity contribution >= 4 is 0 Å². The van der Waals surface area contributed by atoms with Gasteiger partial charge in [0.05, 0.1) is 6.61 Å². The first-order chi connectivity index (χ1) is 7.59. The van der Waals surface area contributed by atoms with Crippen LogP contribution in [0, 0.1) is 5.92 Å². The lowest BCUT2D eigenvalue weighted by atomic mass is 9.96. The molecule has 0 spiro atoms. The van der Waals surface area contributed by atoms with Crippen LogP contribution < -0.4 is 5.32 Å². The van der Waals surface area contributed by atoms with Gasteiger partial charge in [-0.1, -0.05) is 0 Å². The van der Waals surface area contributed by atoms with Crippen molar-refractivity contribution in [3.05, 3.63) is 0 Å². The van der Waals surface area contributed by atoms with Crippen molar-refractivity contribution in [1.29, 1.82) is 0 Å². The van der Waals surface area contributed by atoms with Gasteiger partial charge in [-0.05, 0) is 6.42 Å². The Bertz CT molecular complexity index is 223. The van der Waals surface area contributed by atoms with Gasteiger partial charge < -0.3 is 10.1 Å². The van der Waals surface area contributed by atoms with E-state index in [2.05, 4.69) is 5.32 Å². The first-order valence-corrected chi connectivity index (χ1v) is 5.68. The van der Waals surface area contributed by atoms with Crippen LogP contribution in [0.5, 0.6) is 0 Å². The Labute approximate surface area is 92.9 Å². The molecule has 0 bridgehead atoms. The van der Waals surface area contributed by atoms with Gasteiger partial charge in [-0.3, -0.25) is 4.90 Å². The first kappa shape index (κ1) is 12.1. The van der Waals surface area contributed by atoms with Crippen molar-refractivity contribution in [3.8, 4) is 0 Å². The summed E-state index contributed by atoms with van der Waals surface area (Å²) in [5, 5.41) is 3.07. The first-order valence-electron chi connectivity index (χ1n) is 5.68. The maximum absolute atomic E-state index is 13.0. The molecule has 0 amide bonds. The van der Waals surface area contributed by atoms with Gasteiger partial charge in [0.15, 0.2) is 0 Å². The third-order valence-electron chi connectivity index (χ3n) is 3.29. The van der Waals surface area contributed by atoms with E-state index in [0.29, 0.717) is 39.2 Å². The highest BCUT2D eigenvalue weighted by Crippen LogP contribution is 2.34. The van der Waals surface area contributed by atoms with Crippen LogP contribution in [-0.2, 0) is 4.74 Å². The molecule has 0 aromatic carbocycles. The highest BCUT2D eigenvalue weighted by molar-refractivity contribution is 4.89. The zero-order chi connectivity index (χ0) is 11.6. The molecular weight excluding hydrogens is 221 g/mol. The maximum atomic E-state index is 13.0. The summed E-state index contributed by atoms with van der Waals surface area (Å²) in [6, 6.07) is -1.32. The Morgan fingerprint density at radius 2 is 1.94 bits per heavy atom. The van der Waals surface area contributed by atoms with E-state index in [1.165, 1.54) is 0 Å². The van der Waals surface area contributed by atoms with Crippen molar-refractivity contribution in [2.24, 2.45) is 5.92 Å². The number of hydrogen-bond acceptors (Lipinski definition) is 3. The summed E-state index contributed by atoms with van der Waals surface area (Å²) in [5.74, 6) is -0.391. The van der Waals surface area contributed by atoms with Crippen molar-refractivity contribution < 1.29 is 17.9 Å². The topological polar surface area (TPSA) is 24.5 Å². The van der Waals surface area contributed by atoms with Crippen molar-refractivity contribution in [3.63, 3.8) is 0 Å². The summed E-state index contributed by atoms with van der Waals surface area (Å²) >= 11 is 0. The minimum absolute atomic E-state index is 0.244. The van der Waals surface area contributed by atoms with Crippen LogP contribution >= 0.6 is 0 Å². The second-order valence-electron chi connectivity index (χ2n) is 4.40. The fourth-order valence-corrected chi connectivity index (χ4v) is 2.53. The van der Waals surface area contributed by atoms with Crippen molar-refractivity contribution in [1.82, 2.24) is 10.2 Å². The van der Waals surface area contributed by atoms with Crippen molar-refractivity contribution in [2.45, 2.75) is 18.6 Å². The molecule has 0 saturated carbocycles. The number of halogens is 3. The van der Waals surface area contributed by atoms with E-state index in [-0.39, 0.29) is 6.61 Å². The van der Waals surface area contributed by atoms with E-state index >= 15 is 0 Å². The van der Waals surface area contributed by atoms with E-state index in [1.807, 2.05) is 0 Å². The van der Waals surface area contributed by atoms with Crippen LogP contribution in [0.25, 0.3) is 0 Å². The summed E-state index contributed by atoms with van der Waals surface area (Å²) < 4.78 is 44.2. The van der Waals surface area contributed by atoms with E-state index in [4.69, 9.17) is 4.74 Å². The SMILES string of the molecule is FC(F)(F)C(C1CCOC1)N1CCNCC1. The number of hydrogen-bond donors (Lipinski definition) is 1. The molecular formula is C10H17F3N2O. The van der Waals surface area contributed by atoms with Crippen molar-refractivity contribution in [2.75, 3.05) is 39.4 Å². The summed E-state index contributed by atoms with van der Waals surface area (Å²) in [6.07, 6.45) is -3.62. The molecule has 2 fully saturated rings. The molecule has 0 aromatic rings. The molecule has 0 radical (unpaired) electrons. The molecule has 2 rings (SSSR count). The molecule has 2 atom stereocenters. The zero-order valence-electron chi connectivity index (χ0n) is 9.09. The lowest BCUT2D eigenvalue weighted by molar-refractivity contribution is -0.199. The molecule has 1 N–H and O–H groups in total. The van der Waals surface area contributed by atoms with Gasteiger partial charge >= 0.3 is 6.18 Å². The Kier molecular flexibility index (Phi) is 3.71. The molecule has 2 heterocycles. The molecule has 2 unspecified atom stereocenters. The van der Waals surface area contributed by atoms with Gasteiger partial charge in [-0.2, -0.15) is 13.2 Å². The second-order valence-corrected chi connectivity index (χ2v) is 4.40. The van der Waals surface area contributed by atoms with Gasteiger partial charge in [0.2, 0.25) is 0 Å². The number of ether oxygens (including phenoxy) is 1. The third-order valence-corrected chi connectivity index (χ3v) is 3.29. The summed E-state index contributed by atoms with van der Waals surface area (Å²) in [5.41, 5.74) is 0. The maximum Gasteiger partial charge on any atom is 0.404 e. The quantitative estimate of drug-likeness (QED) is 0.772. The Balaban J connectivity index is 2.06. The predicted molar refractivity (Wildman–Crippen MR) is 53.2 cm³/mol. The standard InChI is InChI=1S/C10H17F3N2O/c11-10(12,13)9(8-1-6-16-7-8)15-4-2-14-3-5-15/h8-9,14H,1-7H2. The van der Waals surface area contributed by atoms with Crippen LogP contribution in [0.4, 0.5) is 13.2 Å². The highest BCUT2D eigenvalue weighted by Gasteiger charge is 2.49. The fourth-order valence-electron chi connectivity index (χ4n) is 2.53. The van der Waals surface area contributed by atoms with Gasteiger partial charge in [-0.15, -0.1) is 0 Å². The number of nitrogens with zero attached hydrogens (tertiary/aromatic N) is 1. The Hall–Kier alpha value is -0.330. The van der Waals surface area contributed by atoms with Crippen LogP contribution in [0.1, 0.15) is 6.42 Å².